The van der Waals surface area contributed by atoms with Gasteiger partial charge in [0.2, 0.25) is 0 Å². The number of amides is 3. The minimum atomic E-state index is -0.247. The minimum absolute atomic E-state index is 0.0743. The lowest BCUT2D eigenvalue weighted by atomic mass is 9.99. The standard InChI is InChI=1S/C19H29N3O3/c1-14-6-4-10-22(13-14)18(23)16-7-8-17(15(2)12-16)21-19(24)20-9-5-11-25-3/h7-8,12,14H,4-6,9-11,13H2,1-3H3,(H2,20,21,24). The Bertz CT molecular complexity index is 604. The van der Waals surface area contributed by atoms with Crippen LogP contribution in [0.25, 0.3) is 0 Å². The number of rotatable bonds is 6. The molecule has 2 N–H and O–H groups in total. The summed E-state index contributed by atoms with van der Waals surface area (Å²) >= 11 is 0. The third-order valence-corrected chi connectivity index (χ3v) is 4.48. The maximum absolute atomic E-state index is 12.6. The molecule has 1 unspecified atom stereocenters. The van der Waals surface area contributed by atoms with Crippen LogP contribution in [-0.2, 0) is 4.74 Å². The molecule has 1 atom stereocenters. The Morgan fingerprint density at radius 2 is 2.16 bits per heavy atom. The van der Waals surface area contributed by atoms with Crippen LogP contribution in [0.15, 0.2) is 18.2 Å². The second kappa shape index (κ2) is 9.42. The quantitative estimate of drug-likeness (QED) is 0.777. The van der Waals surface area contributed by atoms with Gasteiger partial charge in [0.1, 0.15) is 0 Å². The van der Waals surface area contributed by atoms with Gasteiger partial charge in [-0.15, -0.1) is 0 Å². The molecule has 6 heteroatoms. The predicted molar refractivity (Wildman–Crippen MR) is 99.0 cm³/mol. The van der Waals surface area contributed by atoms with Crippen LogP contribution in [0.5, 0.6) is 0 Å². The lowest BCUT2D eigenvalue weighted by Crippen LogP contribution is -2.39. The lowest BCUT2D eigenvalue weighted by Gasteiger charge is -2.31. The molecule has 0 spiro atoms. The van der Waals surface area contributed by atoms with Gasteiger partial charge in [-0.1, -0.05) is 6.92 Å². The number of carbonyl (C=O) groups is 2. The molecule has 0 aromatic heterocycles. The van der Waals surface area contributed by atoms with Crippen molar-refractivity contribution in [3.8, 4) is 0 Å². The molecule has 1 fully saturated rings. The number of benzene rings is 1. The number of urea groups is 1. The number of methoxy groups -OCH3 is 1. The van der Waals surface area contributed by atoms with E-state index in [9.17, 15) is 9.59 Å². The minimum Gasteiger partial charge on any atom is -0.385 e. The lowest BCUT2D eigenvalue weighted by molar-refractivity contribution is 0.0683. The highest BCUT2D eigenvalue weighted by Gasteiger charge is 2.22. The molecule has 0 aliphatic carbocycles. The number of nitrogens with zero attached hydrogens (tertiary/aromatic N) is 1. The maximum Gasteiger partial charge on any atom is 0.319 e. The van der Waals surface area contributed by atoms with E-state index in [-0.39, 0.29) is 11.9 Å². The number of nitrogens with one attached hydrogen (secondary N) is 2. The highest BCUT2D eigenvalue weighted by Crippen LogP contribution is 2.21. The van der Waals surface area contributed by atoms with Crippen LogP contribution in [0.4, 0.5) is 10.5 Å². The zero-order valence-corrected chi connectivity index (χ0v) is 15.4. The average molecular weight is 347 g/mol. The summed E-state index contributed by atoms with van der Waals surface area (Å²) in [4.78, 5) is 26.5. The maximum atomic E-state index is 12.6. The van der Waals surface area contributed by atoms with Crippen LogP contribution in [0, 0.1) is 12.8 Å². The van der Waals surface area contributed by atoms with Crippen molar-refractivity contribution in [3.63, 3.8) is 0 Å². The number of carbonyl (C=O) groups excluding carboxylic acids is 2. The van der Waals surface area contributed by atoms with Crippen LogP contribution < -0.4 is 10.6 Å². The van der Waals surface area contributed by atoms with Crippen LogP contribution in [0.3, 0.4) is 0 Å². The topological polar surface area (TPSA) is 70.7 Å². The van der Waals surface area contributed by atoms with Gasteiger partial charge >= 0.3 is 6.03 Å². The highest BCUT2D eigenvalue weighted by molar-refractivity contribution is 5.96. The molecular weight excluding hydrogens is 318 g/mol. The number of aryl methyl sites for hydroxylation is 1. The zero-order chi connectivity index (χ0) is 18.2. The first kappa shape index (κ1) is 19.2. The SMILES string of the molecule is COCCCNC(=O)Nc1ccc(C(=O)N2CCCC(C)C2)cc1C. The molecule has 1 saturated heterocycles. The van der Waals surface area contributed by atoms with Gasteiger partial charge in [0.15, 0.2) is 0 Å². The van der Waals surface area contributed by atoms with Crippen LogP contribution >= 0.6 is 0 Å². The number of piperidine rings is 1. The van der Waals surface area contributed by atoms with Gasteiger partial charge in [0.25, 0.3) is 5.91 Å². The fourth-order valence-corrected chi connectivity index (χ4v) is 3.08. The molecule has 3 amide bonds. The molecule has 6 nitrogen and oxygen atoms in total. The summed E-state index contributed by atoms with van der Waals surface area (Å²) < 4.78 is 4.95. The number of hydrogen-bond donors (Lipinski definition) is 2. The Balaban J connectivity index is 1.93. The van der Waals surface area contributed by atoms with Gasteiger partial charge in [0, 0.05) is 44.6 Å². The van der Waals surface area contributed by atoms with Gasteiger partial charge in [-0.05, 0) is 55.9 Å². The van der Waals surface area contributed by atoms with E-state index in [1.165, 1.54) is 6.42 Å². The summed E-state index contributed by atoms with van der Waals surface area (Å²) in [5.41, 5.74) is 2.27. The molecule has 1 aliphatic heterocycles. The zero-order valence-electron chi connectivity index (χ0n) is 15.4. The van der Waals surface area contributed by atoms with Gasteiger partial charge in [-0.3, -0.25) is 4.79 Å². The van der Waals surface area contributed by atoms with Gasteiger partial charge < -0.3 is 20.3 Å². The molecule has 0 radical (unpaired) electrons. The predicted octanol–water partition coefficient (Wildman–Crippen LogP) is 3.03. The van der Waals surface area contributed by atoms with Crippen molar-refractivity contribution >= 4 is 17.6 Å². The van der Waals surface area contributed by atoms with Gasteiger partial charge in [0.05, 0.1) is 0 Å². The van der Waals surface area contributed by atoms with Crippen molar-refractivity contribution in [2.75, 3.05) is 38.7 Å². The van der Waals surface area contributed by atoms with Crippen LogP contribution in [0.1, 0.15) is 42.1 Å². The van der Waals surface area contributed by atoms with Crippen LogP contribution in [-0.4, -0.2) is 50.2 Å². The molecule has 2 rings (SSSR count). The normalized spacial score (nSPS) is 17.2. The van der Waals surface area contributed by atoms with Crippen molar-refractivity contribution in [1.29, 1.82) is 0 Å². The third kappa shape index (κ3) is 5.74. The fraction of sp³-hybridized carbons (Fsp3) is 0.579. The first-order chi connectivity index (χ1) is 12.0. The number of anilines is 1. The largest absolute Gasteiger partial charge is 0.385 e. The fourth-order valence-electron chi connectivity index (χ4n) is 3.08. The monoisotopic (exact) mass is 347 g/mol. The molecular formula is C19H29N3O3. The van der Waals surface area contributed by atoms with Gasteiger partial charge in [-0.2, -0.15) is 0 Å². The molecule has 25 heavy (non-hydrogen) atoms. The number of hydrogen-bond acceptors (Lipinski definition) is 3. The molecule has 138 valence electrons. The molecule has 1 aromatic rings. The smallest absolute Gasteiger partial charge is 0.319 e. The molecule has 1 heterocycles. The van der Waals surface area contributed by atoms with Crippen molar-refractivity contribution < 1.29 is 14.3 Å². The van der Waals surface area contributed by atoms with Crippen molar-refractivity contribution in [3.05, 3.63) is 29.3 Å². The van der Waals surface area contributed by atoms with Crippen molar-refractivity contribution in [1.82, 2.24) is 10.2 Å². The summed E-state index contributed by atoms with van der Waals surface area (Å²) in [6.07, 6.45) is 3.02. The van der Waals surface area contributed by atoms with E-state index in [1.807, 2.05) is 17.9 Å². The third-order valence-electron chi connectivity index (χ3n) is 4.48. The van der Waals surface area contributed by atoms with E-state index in [1.54, 1.807) is 19.2 Å². The second-order valence-corrected chi connectivity index (χ2v) is 6.76. The van der Waals surface area contributed by atoms with E-state index < -0.39 is 0 Å². The van der Waals surface area contributed by atoms with Crippen LogP contribution in [0.2, 0.25) is 0 Å². The summed E-state index contributed by atoms with van der Waals surface area (Å²) in [5, 5.41) is 5.61. The molecule has 0 saturated carbocycles. The van der Waals surface area contributed by atoms with E-state index >= 15 is 0 Å². The van der Waals surface area contributed by atoms with E-state index in [0.717, 1.165) is 31.5 Å². The summed E-state index contributed by atoms with van der Waals surface area (Å²) in [6, 6.07) is 5.19. The molecule has 1 aromatic carbocycles. The van der Waals surface area contributed by atoms with E-state index in [4.69, 9.17) is 4.74 Å². The Labute approximate surface area is 149 Å². The Morgan fingerprint density at radius 1 is 1.36 bits per heavy atom. The van der Waals surface area contributed by atoms with Crippen molar-refractivity contribution in [2.24, 2.45) is 5.92 Å². The highest BCUT2D eigenvalue weighted by atomic mass is 16.5. The second-order valence-electron chi connectivity index (χ2n) is 6.76. The molecule has 0 bridgehead atoms. The Morgan fingerprint density at radius 3 is 2.84 bits per heavy atom. The first-order valence-corrected chi connectivity index (χ1v) is 8.95. The summed E-state index contributed by atoms with van der Waals surface area (Å²) in [7, 11) is 1.64. The first-order valence-electron chi connectivity index (χ1n) is 8.95. The summed E-state index contributed by atoms with van der Waals surface area (Å²) in [5.74, 6) is 0.631. The van der Waals surface area contributed by atoms with E-state index in [0.29, 0.717) is 30.3 Å². The molecule has 1 aliphatic rings. The average Bonchev–Trinajstić information content (AvgIpc) is 2.60. The van der Waals surface area contributed by atoms with Crippen molar-refractivity contribution in [2.45, 2.75) is 33.1 Å². The van der Waals surface area contributed by atoms with Gasteiger partial charge in [-0.25, -0.2) is 4.79 Å². The Kier molecular flexibility index (Phi) is 7.25. The Hall–Kier alpha value is -2.08. The summed E-state index contributed by atoms with van der Waals surface area (Å²) in [6.45, 7) is 6.90. The van der Waals surface area contributed by atoms with E-state index in [2.05, 4.69) is 17.6 Å². The number of ether oxygens (including phenoxy) is 1. The number of likely N-dealkylation sites (tertiary alicyclic amines) is 1.